The van der Waals surface area contributed by atoms with Gasteiger partial charge in [-0.05, 0) is 49.2 Å². The molecule has 4 nitrogen and oxygen atoms in total. The Morgan fingerprint density at radius 1 is 1.17 bits per heavy atom. The topological polar surface area (TPSA) is 39.9 Å². The van der Waals surface area contributed by atoms with Gasteiger partial charge in [0.2, 0.25) is 0 Å². The second-order valence-corrected chi connectivity index (χ2v) is 7.94. The lowest BCUT2D eigenvalue weighted by Crippen LogP contribution is -2.10. The molecule has 0 aliphatic carbocycles. The molecule has 0 saturated carbocycles. The quantitative estimate of drug-likeness (QED) is 0.425. The maximum atomic E-state index is 12.9. The third kappa shape index (κ3) is 5.25. The minimum absolute atomic E-state index is 0.349. The average Bonchev–Trinajstić information content (AvgIpc) is 3.02. The molecule has 0 aliphatic heterocycles. The summed E-state index contributed by atoms with van der Waals surface area (Å²) in [6, 6.07) is 10.7. The first-order chi connectivity index (χ1) is 13.6. The van der Waals surface area contributed by atoms with Crippen molar-refractivity contribution in [3.05, 3.63) is 70.0 Å². The number of hydrogen-bond acceptors (Lipinski definition) is 4. The van der Waals surface area contributed by atoms with Crippen LogP contribution in [0.4, 0.5) is 13.2 Å². The van der Waals surface area contributed by atoms with Crippen molar-refractivity contribution < 1.29 is 17.9 Å². The zero-order chi connectivity index (χ0) is 21.2. The van der Waals surface area contributed by atoms with Crippen LogP contribution >= 0.6 is 23.4 Å². The summed E-state index contributed by atoms with van der Waals surface area (Å²) in [6.45, 7) is 3.76. The first-order valence-electron chi connectivity index (χ1n) is 8.76. The molecule has 0 bridgehead atoms. The van der Waals surface area contributed by atoms with Gasteiger partial charge in [0.1, 0.15) is 5.75 Å². The van der Waals surface area contributed by atoms with Crippen molar-refractivity contribution >= 4 is 23.4 Å². The molecule has 2 aromatic carbocycles. The zero-order valence-corrected chi connectivity index (χ0v) is 17.6. The van der Waals surface area contributed by atoms with Crippen molar-refractivity contribution in [2.24, 2.45) is 7.05 Å². The second-order valence-electron chi connectivity index (χ2n) is 6.56. The van der Waals surface area contributed by atoms with Gasteiger partial charge in [0.25, 0.3) is 0 Å². The van der Waals surface area contributed by atoms with Crippen LogP contribution in [-0.2, 0) is 19.0 Å². The first kappa shape index (κ1) is 21.5. The van der Waals surface area contributed by atoms with Crippen molar-refractivity contribution in [1.82, 2.24) is 14.8 Å². The summed E-state index contributed by atoms with van der Waals surface area (Å²) in [5, 5.41) is 9.57. The normalized spacial score (nSPS) is 12.8. The van der Waals surface area contributed by atoms with E-state index in [1.165, 1.54) is 17.8 Å². The summed E-state index contributed by atoms with van der Waals surface area (Å²) in [7, 11) is 1.80. The van der Waals surface area contributed by atoms with E-state index in [0.717, 1.165) is 17.7 Å². The van der Waals surface area contributed by atoms with E-state index in [1.54, 1.807) is 29.8 Å². The van der Waals surface area contributed by atoms with Gasteiger partial charge in [0, 0.05) is 17.8 Å². The summed E-state index contributed by atoms with van der Waals surface area (Å²) in [5.41, 5.74) is 0.815. The van der Waals surface area contributed by atoms with Gasteiger partial charge in [-0.2, -0.15) is 13.2 Å². The smallest absolute Gasteiger partial charge is 0.416 e. The van der Waals surface area contributed by atoms with E-state index in [4.69, 9.17) is 16.3 Å². The molecule has 3 aromatic rings. The molecule has 1 aromatic heterocycles. The molecule has 0 spiro atoms. The Morgan fingerprint density at radius 3 is 2.62 bits per heavy atom. The van der Waals surface area contributed by atoms with E-state index >= 15 is 0 Å². The van der Waals surface area contributed by atoms with Crippen molar-refractivity contribution in [3.63, 3.8) is 0 Å². The van der Waals surface area contributed by atoms with Crippen LogP contribution in [0.5, 0.6) is 5.75 Å². The minimum Gasteiger partial charge on any atom is -0.482 e. The van der Waals surface area contributed by atoms with Crippen molar-refractivity contribution in [2.75, 3.05) is 0 Å². The third-order valence-corrected chi connectivity index (χ3v) is 5.62. The van der Waals surface area contributed by atoms with Gasteiger partial charge in [0.05, 0.1) is 5.56 Å². The lowest BCUT2D eigenvalue weighted by molar-refractivity contribution is -0.137. The average molecular weight is 442 g/mol. The van der Waals surface area contributed by atoms with Crippen LogP contribution < -0.4 is 4.74 Å². The Hall–Kier alpha value is -2.19. The number of rotatable bonds is 6. The van der Waals surface area contributed by atoms with E-state index in [1.807, 2.05) is 19.9 Å². The van der Waals surface area contributed by atoms with Crippen LogP contribution in [-0.4, -0.2) is 14.8 Å². The highest BCUT2D eigenvalue weighted by Gasteiger charge is 2.30. The van der Waals surface area contributed by atoms with Crippen LogP contribution in [0.15, 0.2) is 47.6 Å². The molecule has 0 aliphatic rings. The SMILES string of the molecule is Cc1cc(Cl)ccc1OC(C)c1nnc(SCc2cccc(C(F)(F)F)c2)n1C. The number of halogens is 4. The molecule has 1 atom stereocenters. The van der Waals surface area contributed by atoms with E-state index < -0.39 is 11.7 Å². The summed E-state index contributed by atoms with van der Waals surface area (Å²) in [4.78, 5) is 0. The molecule has 9 heteroatoms. The highest BCUT2D eigenvalue weighted by atomic mass is 35.5. The summed E-state index contributed by atoms with van der Waals surface area (Å²) < 4.78 is 46.4. The molecule has 0 radical (unpaired) electrons. The fourth-order valence-corrected chi connectivity index (χ4v) is 3.87. The number of hydrogen-bond donors (Lipinski definition) is 0. The molecule has 0 amide bonds. The van der Waals surface area contributed by atoms with Gasteiger partial charge in [-0.25, -0.2) is 0 Å². The molecule has 1 unspecified atom stereocenters. The number of alkyl halides is 3. The summed E-state index contributed by atoms with van der Waals surface area (Å²) in [5.74, 6) is 1.66. The number of thioether (sulfide) groups is 1. The van der Waals surface area contributed by atoms with Gasteiger partial charge in [-0.1, -0.05) is 41.6 Å². The van der Waals surface area contributed by atoms with Crippen molar-refractivity contribution in [3.8, 4) is 5.75 Å². The van der Waals surface area contributed by atoms with E-state index in [2.05, 4.69) is 10.2 Å². The fourth-order valence-electron chi connectivity index (χ4n) is 2.78. The zero-order valence-electron chi connectivity index (χ0n) is 16.0. The predicted octanol–water partition coefficient (Wildman–Crippen LogP) is 6.23. The Morgan fingerprint density at radius 2 is 1.93 bits per heavy atom. The van der Waals surface area contributed by atoms with Crippen LogP contribution in [0.25, 0.3) is 0 Å². The first-order valence-corrected chi connectivity index (χ1v) is 10.1. The monoisotopic (exact) mass is 441 g/mol. The fraction of sp³-hybridized carbons (Fsp3) is 0.300. The molecular formula is C20H19ClF3N3OS. The van der Waals surface area contributed by atoms with Crippen LogP contribution in [0.3, 0.4) is 0 Å². The molecule has 3 rings (SSSR count). The van der Waals surface area contributed by atoms with Gasteiger partial charge >= 0.3 is 6.18 Å². The summed E-state index contributed by atoms with van der Waals surface area (Å²) in [6.07, 6.45) is -4.72. The van der Waals surface area contributed by atoms with Crippen LogP contribution in [0, 0.1) is 6.92 Å². The molecule has 0 saturated heterocycles. The third-order valence-electron chi connectivity index (χ3n) is 4.30. The molecule has 1 heterocycles. The Balaban J connectivity index is 1.69. The molecular weight excluding hydrogens is 423 g/mol. The lowest BCUT2D eigenvalue weighted by Gasteiger charge is -2.16. The van der Waals surface area contributed by atoms with Gasteiger partial charge < -0.3 is 9.30 Å². The highest BCUT2D eigenvalue weighted by Crippen LogP contribution is 2.32. The van der Waals surface area contributed by atoms with Crippen molar-refractivity contribution in [1.29, 1.82) is 0 Å². The van der Waals surface area contributed by atoms with Crippen LogP contribution in [0.1, 0.15) is 35.5 Å². The lowest BCUT2D eigenvalue weighted by atomic mass is 10.1. The highest BCUT2D eigenvalue weighted by molar-refractivity contribution is 7.98. The standard InChI is InChI=1S/C20H19ClF3N3OS/c1-12-9-16(21)7-8-17(12)28-13(2)18-25-26-19(27(18)3)29-11-14-5-4-6-15(10-14)20(22,23)24/h4-10,13H,11H2,1-3H3. The Labute approximate surface area is 176 Å². The van der Waals surface area contributed by atoms with E-state index in [-0.39, 0.29) is 6.10 Å². The van der Waals surface area contributed by atoms with Crippen LogP contribution in [0.2, 0.25) is 5.02 Å². The Kier molecular flexibility index (Phi) is 6.43. The maximum Gasteiger partial charge on any atom is 0.416 e. The largest absolute Gasteiger partial charge is 0.482 e. The summed E-state index contributed by atoms with van der Waals surface area (Å²) >= 11 is 7.29. The maximum absolute atomic E-state index is 12.9. The van der Waals surface area contributed by atoms with Crippen molar-refractivity contribution in [2.45, 2.75) is 37.0 Å². The number of aryl methyl sites for hydroxylation is 1. The molecule has 0 N–H and O–H groups in total. The number of aromatic nitrogens is 3. The van der Waals surface area contributed by atoms with Gasteiger partial charge in [-0.15, -0.1) is 10.2 Å². The van der Waals surface area contributed by atoms with E-state index in [0.29, 0.717) is 33.1 Å². The van der Waals surface area contributed by atoms with Gasteiger partial charge in [0.15, 0.2) is 17.1 Å². The number of nitrogens with zero attached hydrogens (tertiary/aromatic N) is 3. The minimum atomic E-state index is -4.36. The van der Waals surface area contributed by atoms with E-state index in [9.17, 15) is 13.2 Å². The molecule has 0 fully saturated rings. The Bertz CT molecular complexity index is 1010. The number of ether oxygens (including phenoxy) is 1. The molecule has 29 heavy (non-hydrogen) atoms. The molecule has 154 valence electrons. The second kappa shape index (κ2) is 8.67. The van der Waals surface area contributed by atoms with Gasteiger partial charge in [-0.3, -0.25) is 0 Å². The number of benzene rings is 2. The predicted molar refractivity (Wildman–Crippen MR) is 107 cm³/mol.